The van der Waals surface area contributed by atoms with E-state index in [0.717, 1.165) is 60.7 Å². The number of para-hydroxylation sites is 3. The van der Waals surface area contributed by atoms with E-state index in [1.165, 1.54) is 6.92 Å². The van der Waals surface area contributed by atoms with E-state index < -0.39 is 24.5 Å². The van der Waals surface area contributed by atoms with E-state index >= 15 is 0 Å². The number of aryl methyl sites for hydroxylation is 1. The molecule has 3 aromatic heterocycles. The summed E-state index contributed by atoms with van der Waals surface area (Å²) >= 11 is 0. The summed E-state index contributed by atoms with van der Waals surface area (Å²) in [7, 11) is 0. The second kappa shape index (κ2) is 18.5. The summed E-state index contributed by atoms with van der Waals surface area (Å²) in [4.78, 5) is 4.75. The number of hydrogen-bond acceptors (Lipinski definition) is 2. The Morgan fingerprint density at radius 3 is 2.06 bits per heavy atom. The SMILES string of the molecule is [2H]c1c([2H])c([2H])c(-c2cccc(-c3cc(C(C)(C)C)cc(C(C)(C)C)c3)c2-[n+]2[c-]n(-c3[c-]c(Oc4[c-]c5c(cc4)c4cc(-c6ccccc6)ccc4n5-c4cc(C([2H])([2H])C)ccn4)ccc3)c3ccccc32)c([2H])c1[2H].[Pt]. The number of hydrogen-bond donors (Lipinski definition) is 0. The van der Waals surface area contributed by atoms with E-state index in [-0.39, 0.29) is 49.5 Å². The van der Waals surface area contributed by atoms with Crippen molar-refractivity contribution in [2.45, 2.75) is 65.7 Å². The van der Waals surface area contributed by atoms with Crippen molar-refractivity contribution in [2.24, 2.45) is 0 Å². The molecule has 0 aliphatic rings. The first kappa shape index (κ1) is 38.5. The van der Waals surface area contributed by atoms with E-state index in [9.17, 15) is 2.74 Å². The first-order chi connectivity index (χ1) is 36.2. The Morgan fingerprint density at radius 2 is 1.31 bits per heavy atom. The van der Waals surface area contributed by atoms with E-state index in [0.29, 0.717) is 45.3 Å². The second-order valence-electron chi connectivity index (χ2n) is 19.4. The molecule has 0 unspecified atom stereocenters. The van der Waals surface area contributed by atoms with Gasteiger partial charge in [0.05, 0.1) is 23.6 Å². The van der Waals surface area contributed by atoms with Gasteiger partial charge in [0.15, 0.2) is 0 Å². The molecule has 0 N–H and O–H groups in total. The van der Waals surface area contributed by atoms with Gasteiger partial charge >= 0.3 is 0 Å². The van der Waals surface area contributed by atoms with Crippen LogP contribution in [0.4, 0.5) is 0 Å². The van der Waals surface area contributed by atoms with Crippen LogP contribution in [0.5, 0.6) is 11.5 Å². The normalized spacial score (nSPS) is 13.5. The van der Waals surface area contributed by atoms with Crippen molar-refractivity contribution in [1.29, 1.82) is 0 Å². The van der Waals surface area contributed by atoms with E-state index in [1.54, 1.807) is 18.3 Å². The Balaban J connectivity index is 0.00000672. The van der Waals surface area contributed by atoms with Gasteiger partial charge in [-0.05, 0) is 96.5 Å². The third-order valence-electron chi connectivity index (χ3n) is 12.8. The molecule has 0 spiro atoms. The molecule has 0 amide bonds. The Hall–Kier alpha value is -7.33. The summed E-state index contributed by atoms with van der Waals surface area (Å²) < 4.78 is 73.9. The van der Waals surface area contributed by atoms with Crippen LogP contribution < -0.4 is 9.30 Å². The molecule has 348 valence electrons. The van der Waals surface area contributed by atoms with E-state index in [4.69, 9.17) is 16.6 Å². The molecule has 0 bridgehead atoms. The molecule has 6 heteroatoms. The Morgan fingerprint density at radius 1 is 0.614 bits per heavy atom. The number of aromatic nitrogens is 4. The minimum absolute atomic E-state index is 0. The number of imidazole rings is 1. The van der Waals surface area contributed by atoms with Gasteiger partial charge in [0, 0.05) is 47.0 Å². The zero-order valence-electron chi connectivity index (χ0n) is 47.0. The third-order valence-corrected chi connectivity index (χ3v) is 12.8. The van der Waals surface area contributed by atoms with Crippen LogP contribution in [-0.4, -0.2) is 14.1 Å². The Kier molecular flexibility index (Phi) is 10.2. The first-order valence-electron chi connectivity index (χ1n) is 26.7. The van der Waals surface area contributed by atoms with Gasteiger partial charge in [0.2, 0.25) is 0 Å². The van der Waals surface area contributed by atoms with Gasteiger partial charge < -0.3 is 13.9 Å². The van der Waals surface area contributed by atoms with Crippen molar-refractivity contribution in [1.82, 2.24) is 14.1 Å². The average Bonchev–Trinajstić information content (AvgIpc) is 4.01. The molecule has 0 fully saturated rings. The third kappa shape index (κ3) is 8.69. The summed E-state index contributed by atoms with van der Waals surface area (Å²) in [5.74, 6) is 1.39. The molecule has 0 atom stereocenters. The van der Waals surface area contributed by atoms with Crippen molar-refractivity contribution in [3.8, 4) is 62.1 Å². The molecule has 70 heavy (non-hydrogen) atoms. The van der Waals surface area contributed by atoms with Gasteiger partial charge in [0.1, 0.15) is 5.82 Å². The van der Waals surface area contributed by atoms with Crippen molar-refractivity contribution in [3.63, 3.8) is 0 Å². The van der Waals surface area contributed by atoms with Crippen LogP contribution in [0.1, 0.15) is 74.8 Å². The van der Waals surface area contributed by atoms with Crippen LogP contribution in [-0.2, 0) is 38.3 Å². The topological polar surface area (TPSA) is 35.9 Å². The molecule has 3 heterocycles. The van der Waals surface area contributed by atoms with Crippen LogP contribution >= 0.6 is 0 Å². The maximum absolute atomic E-state index is 9.22. The minimum atomic E-state index is -1.60. The van der Waals surface area contributed by atoms with Gasteiger partial charge in [-0.1, -0.05) is 187 Å². The quantitative estimate of drug-likeness (QED) is 0.107. The maximum Gasteiger partial charge on any atom is 0.268 e. The molecule has 11 aromatic rings. The second-order valence-corrected chi connectivity index (χ2v) is 19.4. The zero-order valence-corrected chi connectivity index (χ0v) is 42.3. The number of rotatable bonds is 9. The number of fused-ring (bicyclic) bond motifs is 4. The van der Waals surface area contributed by atoms with Gasteiger partial charge in [0.25, 0.3) is 6.33 Å². The summed E-state index contributed by atoms with van der Waals surface area (Å²) in [5.41, 5.74) is 11.1. The molecule has 8 aromatic carbocycles. The van der Waals surface area contributed by atoms with Gasteiger partial charge in [-0.2, -0.15) is 18.2 Å². The standard InChI is InChI=1S/C64H54N4O.Pt/c1-8-43-33-34-65-61(35-43)68-57-32-29-46(44-19-11-9-12-20-44)38-56(57)55-31-30-52(41-60(55)68)69-51-24-17-23-50(40-51)66-42-67(59-28-16-15-27-58(59)66)62-53(45-21-13-10-14-22-45)25-18-26-54(62)47-36-48(63(2,3)4)39-49(37-47)64(5,6)7;/h9-39H,8H2,1-7H3;/q-2;/i8D2,10D,13D,14D,21D,22D;. The molecule has 5 nitrogen and oxygen atoms in total. The zero-order chi connectivity index (χ0) is 53.6. The van der Waals surface area contributed by atoms with Gasteiger partial charge in [-0.3, -0.25) is 4.57 Å². The smallest absolute Gasteiger partial charge is 0.268 e. The van der Waals surface area contributed by atoms with Crippen molar-refractivity contribution in [2.75, 3.05) is 0 Å². The monoisotopic (exact) mass is 1100 g/mol. The summed E-state index contributed by atoms with van der Waals surface area (Å²) in [5, 5.41) is 1.90. The molecule has 0 saturated heterocycles. The van der Waals surface area contributed by atoms with Crippen LogP contribution in [0, 0.1) is 18.5 Å². The molecule has 0 aliphatic heterocycles. The number of pyridine rings is 1. The maximum atomic E-state index is 9.22. The Bertz CT molecular complexity index is 4050. The molecular weight excluding hydrogens is 1040 g/mol. The van der Waals surface area contributed by atoms with Gasteiger partial charge in [-0.25, -0.2) is 4.98 Å². The van der Waals surface area contributed by atoms with Crippen LogP contribution in [0.3, 0.4) is 0 Å². The molecule has 0 aliphatic carbocycles. The van der Waals surface area contributed by atoms with Crippen LogP contribution in [0.25, 0.3) is 83.4 Å². The van der Waals surface area contributed by atoms with Crippen molar-refractivity contribution < 1.29 is 40.0 Å². The van der Waals surface area contributed by atoms with Crippen molar-refractivity contribution in [3.05, 3.63) is 223 Å². The fourth-order valence-electron chi connectivity index (χ4n) is 9.13. The average molecular weight is 1100 g/mol. The predicted octanol–water partition coefficient (Wildman–Crippen LogP) is 15.7. The minimum Gasteiger partial charge on any atom is -0.510 e. The molecule has 0 saturated carbocycles. The fraction of sp³-hybridized carbons (Fsp3) is 0.156. The van der Waals surface area contributed by atoms with Crippen LogP contribution in [0.2, 0.25) is 0 Å². The number of nitrogens with zero attached hydrogens (tertiary/aromatic N) is 4. The first-order valence-corrected chi connectivity index (χ1v) is 23.2. The van der Waals surface area contributed by atoms with Crippen molar-refractivity contribution >= 4 is 32.8 Å². The predicted molar refractivity (Wildman–Crippen MR) is 283 cm³/mol. The number of ether oxygens (including phenoxy) is 1. The summed E-state index contributed by atoms with van der Waals surface area (Å²) in [6.45, 7) is 14.7. The molecule has 11 rings (SSSR count). The fourth-order valence-corrected chi connectivity index (χ4v) is 9.13. The molecule has 0 radical (unpaired) electrons. The largest absolute Gasteiger partial charge is 0.510 e. The number of benzene rings is 8. The summed E-state index contributed by atoms with van der Waals surface area (Å²) in [6.07, 6.45) is 3.69. The molecular formula is C64H54N4OPt-2. The van der Waals surface area contributed by atoms with Gasteiger partial charge in [-0.15, -0.1) is 29.7 Å². The van der Waals surface area contributed by atoms with E-state index in [2.05, 4.69) is 109 Å². The van der Waals surface area contributed by atoms with E-state index in [1.807, 2.05) is 105 Å². The van der Waals surface area contributed by atoms with Crippen LogP contribution in [0.15, 0.2) is 188 Å². The summed E-state index contributed by atoms with van der Waals surface area (Å²) in [6, 6.07) is 55.0. The Labute approximate surface area is 435 Å².